The van der Waals surface area contributed by atoms with Gasteiger partial charge in [0, 0.05) is 24.3 Å². The van der Waals surface area contributed by atoms with Gasteiger partial charge in [-0.25, -0.2) is 4.68 Å². The van der Waals surface area contributed by atoms with E-state index < -0.39 is 0 Å². The van der Waals surface area contributed by atoms with E-state index in [9.17, 15) is 4.79 Å². The number of nitrogens with zero attached hydrogens (tertiary/aromatic N) is 2. The van der Waals surface area contributed by atoms with E-state index in [4.69, 9.17) is 5.73 Å². The quantitative estimate of drug-likeness (QED) is 0.901. The van der Waals surface area contributed by atoms with E-state index in [-0.39, 0.29) is 5.91 Å². The van der Waals surface area contributed by atoms with Crippen LogP contribution in [0.1, 0.15) is 16.1 Å². The molecular weight excluding hydrogens is 296 g/mol. The number of benzene rings is 1. The second-order valence-electron chi connectivity index (χ2n) is 3.71. The zero-order valence-corrected chi connectivity index (χ0v) is 11.4. The fourth-order valence-electron chi connectivity index (χ4n) is 1.57. The van der Waals surface area contributed by atoms with Crippen LogP contribution in [-0.2, 0) is 6.54 Å². The molecule has 3 N–H and O–H groups in total. The van der Waals surface area contributed by atoms with Gasteiger partial charge in [-0.05, 0) is 39.7 Å². The minimum absolute atomic E-state index is 0.205. The molecule has 1 amide bonds. The average molecular weight is 309 g/mol. The first-order valence-electron chi connectivity index (χ1n) is 5.42. The Morgan fingerprint density at radius 3 is 2.89 bits per heavy atom. The van der Waals surface area contributed by atoms with E-state index in [0.717, 1.165) is 15.7 Å². The molecule has 0 unspecified atom stereocenters. The number of rotatable bonds is 3. The van der Waals surface area contributed by atoms with Crippen LogP contribution in [-0.4, -0.2) is 22.7 Å². The lowest BCUT2D eigenvalue weighted by Crippen LogP contribution is -2.18. The Morgan fingerprint density at radius 2 is 2.28 bits per heavy atom. The van der Waals surface area contributed by atoms with Crippen molar-refractivity contribution in [2.24, 2.45) is 5.73 Å². The third-order valence-electron chi connectivity index (χ3n) is 2.54. The maximum Gasteiger partial charge on any atom is 0.271 e. The van der Waals surface area contributed by atoms with Crippen LogP contribution in [0.3, 0.4) is 0 Å². The highest BCUT2D eigenvalue weighted by Gasteiger charge is 2.09. The van der Waals surface area contributed by atoms with Gasteiger partial charge in [-0.1, -0.05) is 6.07 Å². The van der Waals surface area contributed by atoms with Crippen LogP contribution in [0.25, 0.3) is 5.69 Å². The van der Waals surface area contributed by atoms with Gasteiger partial charge >= 0.3 is 0 Å². The van der Waals surface area contributed by atoms with Gasteiger partial charge < -0.3 is 11.1 Å². The third kappa shape index (κ3) is 2.44. The number of nitrogens with two attached hydrogens (primary N) is 1. The predicted molar refractivity (Wildman–Crippen MR) is 72.5 cm³/mol. The standard InChI is InChI=1S/C12H13BrN4O/c1-15-12(18)10-4-5-17(16-10)11-3-2-8(7-14)6-9(11)13/h2-6H,7,14H2,1H3,(H,15,18). The molecule has 0 spiro atoms. The van der Waals surface area contributed by atoms with Gasteiger partial charge in [0.05, 0.1) is 5.69 Å². The average Bonchev–Trinajstić information content (AvgIpc) is 2.87. The summed E-state index contributed by atoms with van der Waals surface area (Å²) in [6, 6.07) is 7.45. The van der Waals surface area contributed by atoms with E-state index in [1.807, 2.05) is 18.2 Å². The van der Waals surface area contributed by atoms with Crippen molar-refractivity contribution in [2.75, 3.05) is 7.05 Å². The molecule has 2 aromatic rings. The Morgan fingerprint density at radius 1 is 1.50 bits per heavy atom. The molecule has 94 valence electrons. The number of hydrogen-bond acceptors (Lipinski definition) is 3. The Hall–Kier alpha value is -1.66. The molecule has 0 aliphatic rings. The first kappa shape index (κ1) is 12.8. The summed E-state index contributed by atoms with van der Waals surface area (Å²) in [4.78, 5) is 11.4. The van der Waals surface area contributed by atoms with Crippen molar-refractivity contribution in [2.45, 2.75) is 6.54 Å². The predicted octanol–water partition coefficient (Wildman–Crippen LogP) is 1.45. The first-order chi connectivity index (χ1) is 8.65. The van der Waals surface area contributed by atoms with Crippen molar-refractivity contribution in [1.29, 1.82) is 0 Å². The monoisotopic (exact) mass is 308 g/mol. The van der Waals surface area contributed by atoms with Crippen LogP contribution in [0.2, 0.25) is 0 Å². The van der Waals surface area contributed by atoms with Gasteiger partial charge in [0.15, 0.2) is 5.69 Å². The molecule has 5 nitrogen and oxygen atoms in total. The molecule has 1 aromatic heterocycles. The van der Waals surface area contributed by atoms with E-state index in [0.29, 0.717) is 12.2 Å². The molecule has 2 rings (SSSR count). The van der Waals surface area contributed by atoms with Crippen molar-refractivity contribution in [3.8, 4) is 5.69 Å². The van der Waals surface area contributed by atoms with Crippen LogP contribution in [0.4, 0.5) is 0 Å². The van der Waals surface area contributed by atoms with Crippen LogP contribution in [0.15, 0.2) is 34.9 Å². The number of carbonyl (C=O) groups is 1. The van der Waals surface area contributed by atoms with Crippen molar-refractivity contribution in [1.82, 2.24) is 15.1 Å². The second-order valence-corrected chi connectivity index (χ2v) is 4.57. The summed E-state index contributed by atoms with van der Waals surface area (Å²) in [6.45, 7) is 0.488. The molecule has 0 saturated carbocycles. The summed E-state index contributed by atoms with van der Waals surface area (Å²) in [6.07, 6.45) is 1.74. The van der Waals surface area contributed by atoms with Gasteiger partial charge in [0.1, 0.15) is 0 Å². The van der Waals surface area contributed by atoms with Crippen molar-refractivity contribution >= 4 is 21.8 Å². The fourth-order valence-corrected chi connectivity index (χ4v) is 2.18. The van der Waals surface area contributed by atoms with Gasteiger partial charge in [0.25, 0.3) is 5.91 Å². The molecule has 0 saturated heterocycles. The number of halogens is 1. The normalized spacial score (nSPS) is 10.4. The highest BCUT2D eigenvalue weighted by molar-refractivity contribution is 9.10. The maximum atomic E-state index is 11.4. The van der Waals surface area contributed by atoms with Crippen molar-refractivity contribution in [3.05, 3.63) is 46.2 Å². The largest absolute Gasteiger partial charge is 0.354 e. The summed E-state index contributed by atoms with van der Waals surface area (Å²) in [5, 5.41) is 6.75. The zero-order valence-electron chi connectivity index (χ0n) is 9.85. The number of nitrogens with one attached hydrogen (secondary N) is 1. The molecule has 6 heteroatoms. The maximum absolute atomic E-state index is 11.4. The summed E-state index contributed by atoms with van der Waals surface area (Å²) < 4.78 is 2.53. The van der Waals surface area contributed by atoms with Crippen LogP contribution in [0.5, 0.6) is 0 Å². The van der Waals surface area contributed by atoms with E-state index >= 15 is 0 Å². The van der Waals surface area contributed by atoms with E-state index in [2.05, 4.69) is 26.3 Å². The molecule has 0 aliphatic carbocycles. The minimum atomic E-state index is -0.205. The Bertz CT molecular complexity index is 579. The van der Waals surface area contributed by atoms with Crippen LogP contribution >= 0.6 is 15.9 Å². The molecule has 18 heavy (non-hydrogen) atoms. The molecule has 1 aromatic carbocycles. The van der Waals surface area contributed by atoms with Gasteiger partial charge in [-0.3, -0.25) is 4.79 Å². The summed E-state index contributed by atoms with van der Waals surface area (Å²) in [5.41, 5.74) is 7.85. The minimum Gasteiger partial charge on any atom is -0.354 e. The Labute approximate surface area is 113 Å². The zero-order chi connectivity index (χ0) is 13.1. The first-order valence-corrected chi connectivity index (χ1v) is 6.21. The molecule has 0 fully saturated rings. The lowest BCUT2D eigenvalue weighted by atomic mass is 10.2. The second kappa shape index (κ2) is 5.32. The van der Waals surface area contributed by atoms with E-state index in [1.165, 1.54) is 0 Å². The highest BCUT2D eigenvalue weighted by Crippen LogP contribution is 2.22. The lowest BCUT2D eigenvalue weighted by Gasteiger charge is -2.06. The molecule has 1 heterocycles. The van der Waals surface area contributed by atoms with Gasteiger partial charge in [-0.15, -0.1) is 0 Å². The number of hydrogen-bond donors (Lipinski definition) is 2. The molecular formula is C12H13BrN4O. The van der Waals surface area contributed by atoms with Crippen LogP contribution < -0.4 is 11.1 Å². The SMILES string of the molecule is CNC(=O)c1ccn(-c2ccc(CN)cc2Br)n1. The third-order valence-corrected chi connectivity index (χ3v) is 3.18. The van der Waals surface area contributed by atoms with Gasteiger partial charge in [-0.2, -0.15) is 5.10 Å². The van der Waals surface area contributed by atoms with Crippen molar-refractivity contribution in [3.63, 3.8) is 0 Å². The topological polar surface area (TPSA) is 72.9 Å². The number of carbonyl (C=O) groups excluding carboxylic acids is 1. The number of aromatic nitrogens is 2. The summed E-state index contributed by atoms with van der Waals surface area (Å²) in [5.74, 6) is -0.205. The summed E-state index contributed by atoms with van der Waals surface area (Å²) >= 11 is 3.47. The molecule has 0 aliphatic heterocycles. The molecule has 0 atom stereocenters. The smallest absolute Gasteiger partial charge is 0.271 e. The van der Waals surface area contributed by atoms with Crippen molar-refractivity contribution < 1.29 is 4.79 Å². The molecule has 0 bridgehead atoms. The Balaban J connectivity index is 2.37. The van der Waals surface area contributed by atoms with E-state index in [1.54, 1.807) is 24.0 Å². The summed E-state index contributed by atoms with van der Waals surface area (Å²) in [7, 11) is 1.58. The molecule has 0 radical (unpaired) electrons. The van der Waals surface area contributed by atoms with Gasteiger partial charge in [0.2, 0.25) is 0 Å². The Kier molecular flexibility index (Phi) is 3.78. The van der Waals surface area contributed by atoms with Crippen LogP contribution in [0, 0.1) is 0 Å². The lowest BCUT2D eigenvalue weighted by molar-refractivity contribution is 0.0957. The number of amides is 1. The highest BCUT2D eigenvalue weighted by atomic mass is 79.9. The fraction of sp³-hybridized carbons (Fsp3) is 0.167.